The fraction of sp³-hybridized carbons (Fsp3) is 0.632. The number of ether oxygens (including phenoxy) is 1. The van der Waals surface area contributed by atoms with Gasteiger partial charge in [0.05, 0.1) is 18.8 Å². The molecule has 0 aromatic heterocycles. The molecule has 0 amide bonds. The second kappa shape index (κ2) is 8.50. The highest BCUT2D eigenvalue weighted by molar-refractivity contribution is 5.98. The Kier molecular flexibility index (Phi) is 6.32. The number of Topliss-reactive ketones (excluding diaryl/α,β-unsaturated/α-hetero) is 1. The topological polar surface area (TPSA) is 32.8 Å². The lowest BCUT2D eigenvalue weighted by Crippen LogP contribution is -2.45. The van der Waals surface area contributed by atoms with E-state index in [2.05, 4.69) is 9.80 Å². The van der Waals surface area contributed by atoms with Crippen LogP contribution in [-0.4, -0.2) is 68.1 Å². The molecule has 1 unspecified atom stereocenters. The molecule has 2 fully saturated rings. The number of rotatable bonds is 5. The highest BCUT2D eigenvalue weighted by Crippen LogP contribution is 2.30. The Morgan fingerprint density at radius 1 is 1.04 bits per heavy atom. The first kappa shape index (κ1) is 19.3. The Bertz CT molecular complexity index is 598. The lowest BCUT2D eigenvalue weighted by atomic mass is 9.89. The summed E-state index contributed by atoms with van der Waals surface area (Å²) in [6, 6.07) is 4.59. The SMILES string of the molecule is O=C(c1ccc(C(F)(F)F)cc1)C1CCCN(CCN2CCOCC2)C1. The third-order valence-electron chi connectivity index (χ3n) is 5.21. The lowest BCUT2D eigenvalue weighted by Gasteiger charge is -2.34. The summed E-state index contributed by atoms with van der Waals surface area (Å²) in [6.45, 7) is 6.97. The molecule has 2 saturated heterocycles. The van der Waals surface area contributed by atoms with Crippen molar-refractivity contribution in [1.82, 2.24) is 9.80 Å². The Labute approximate surface area is 151 Å². The van der Waals surface area contributed by atoms with Crippen LogP contribution in [0.25, 0.3) is 0 Å². The number of alkyl halides is 3. The van der Waals surface area contributed by atoms with E-state index in [1.54, 1.807) is 0 Å². The highest BCUT2D eigenvalue weighted by atomic mass is 19.4. The molecule has 1 aromatic rings. The van der Waals surface area contributed by atoms with E-state index in [9.17, 15) is 18.0 Å². The number of nitrogens with zero attached hydrogens (tertiary/aromatic N) is 2. The Morgan fingerprint density at radius 2 is 1.69 bits per heavy atom. The zero-order valence-corrected chi connectivity index (χ0v) is 14.8. The van der Waals surface area contributed by atoms with Crippen molar-refractivity contribution >= 4 is 5.78 Å². The third-order valence-corrected chi connectivity index (χ3v) is 5.21. The molecule has 26 heavy (non-hydrogen) atoms. The van der Waals surface area contributed by atoms with Gasteiger partial charge in [-0.1, -0.05) is 12.1 Å². The monoisotopic (exact) mass is 370 g/mol. The average molecular weight is 370 g/mol. The maximum absolute atomic E-state index is 12.7. The van der Waals surface area contributed by atoms with Crippen molar-refractivity contribution in [3.63, 3.8) is 0 Å². The normalized spacial score (nSPS) is 23.1. The number of ketones is 1. The molecule has 0 bridgehead atoms. The van der Waals surface area contributed by atoms with E-state index in [1.165, 1.54) is 12.1 Å². The number of carbonyl (C=O) groups excluding carboxylic acids is 1. The van der Waals surface area contributed by atoms with Crippen molar-refractivity contribution < 1.29 is 22.7 Å². The van der Waals surface area contributed by atoms with Gasteiger partial charge in [-0.15, -0.1) is 0 Å². The van der Waals surface area contributed by atoms with Gasteiger partial charge in [-0.3, -0.25) is 9.69 Å². The van der Waals surface area contributed by atoms with Gasteiger partial charge in [0.1, 0.15) is 0 Å². The van der Waals surface area contributed by atoms with Crippen LogP contribution in [0.1, 0.15) is 28.8 Å². The van der Waals surface area contributed by atoms with Gasteiger partial charge in [0.15, 0.2) is 5.78 Å². The molecule has 0 aliphatic carbocycles. The maximum atomic E-state index is 12.7. The van der Waals surface area contributed by atoms with Crippen molar-refractivity contribution in [3.05, 3.63) is 35.4 Å². The molecular formula is C19H25F3N2O2. The summed E-state index contributed by atoms with van der Waals surface area (Å²) in [5.74, 6) is -0.181. The van der Waals surface area contributed by atoms with Gasteiger partial charge in [-0.05, 0) is 31.5 Å². The number of morpholine rings is 1. The predicted octanol–water partition coefficient (Wildman–Crippen LogP) is 2.93. The average Bonchev–Trinajstić information content (AvgIpc) is 2.66. The summed E-state index contributed by atoms with van der Waals surface area (Å²) in [4.78, 5) is 17.3. The first-order valence-corrected chi connectivity index (χ1v) is 9.17. The van der Waals surface area contributed by atoms with Crippen molar-refractivity contribution in [2.45, 2.75) is 19.0 Å². The highest BCUT2D eigenvalue weighted by Gasteiger charge is 2.31. The molecule has 0 saturated carbocycles. The van der Waals surface area contributed by atoms with E-state index in [0.717, 1.165) is 70.9 Å². The molecule has 3 rings (SSSR count). The minimum Gasteiger partial charge on any atom is -0.379 e. The molecule has 2 heterocycles. The number of likely N-dealkylation sites (tertiary alicyclic amines) is 1. The van der Waals surface area contributed by atoms with Crippen molar-refractivity contribution in [2.75, 3.05) is 52.5 Å². The summed E-state index contributed by atoms with van der Waals surface area (Å²) in [7, 11) is 0. The number of hydrogen-bond acceptors (Lipinski definition) is 4. The second-order valence-corrected chi connectivity index (χ2v) is 7.03. The lowest BCUT2D eigenvalue weighted by molar-refractivity contribution is -0.137. The van der Waals surface area contributed by atoms with Gasteiger partial charge >= 0.3 is 6.18 Å². The van der Waals surface area contributed by atoms with Crippen LogP contribution in [0.2, 0.25) is 0 Å². The van der Waals surface area contributed by atoms with Crippen molar-refractivity contribution in [1.29, 1.82) is 0 Å². The molecule has 4 nitrogen and oxygen atoms in total. The van der Waals surface area contributed by atoms with Crippen LogP contribution < -0.4 is 0 Å². The van der Waals surface area contributed by atoms with Crippen molar-refractivity contribution in [2.24, 2.45) is 5.92 Å². The molecule has 0 radical (unpaired) electrons. The van der Waals surface area contributed by atoms with E-state index in [1.807, 2.05) is 0 Å². The molecule has 1 atom stereocenters. The maximum Gasteiger partial charge on any atom is 0.416 e. The summed E-state index contributed by atoms with van der Waals surface area (Å²) in [6.07, 6.45) is -2.63. The minimum absolute atomic E-state index is 0.0465. The summed E-state index contributed by atoms with van der Waals surface area (Å²) in [5.41, 5.74) is -0.345. The number of hydrogen-bond donors (Lipinski definition) is 0. The van der Waals surface area contributed by atoms with Crippen LogP contribution in [0, 0.1) is 5.92 Å². The molecular weight excluding hydrogens is 345 g/mol. The second-order valence-electron chi connectivity index (χ2n) is 7.03. The fourth-order valence-corrected chi connectivity index (χ4v) is 3.64. The smallest absolute Gasteiger partial charge is 0.379 e. The van der Waals surface area contributed by atoms with Gasteiger partial charge in [-0.2, -0.15) is 13.2 Å². The standard InChI is InChI=1S/C19H25F3N2O2/c20-19(21,22)17-5-3-15(4-6-17)18(25)16-2-1-7-24(14-16)9-8-23-10-12-26-13-11-23/h3-6,16H,1-2,7-14H2. The van der Waals surface area contributed by atoms with Gasteiger partial charge in [0.2, 0.25) is 0 Å². The van der Waals surface area contributed by atoms with Gasteiger partial charge < -0.3 is 9.64 Å². The molecule has 2 aliphatic heterocycles. The summed E-state index contributed by atoms with van der Waals surface area (Å²) in [5, 5.41) is 0. The quantitative estimate of drug-likeness (QED) is 0.746. The molecule has 1 aromatic carbocycles. The molecule has 144 valence electrons. The molecule has 0 spiro atoms. The zero-order chi connectivity index (χ0) is 18.6. The van der Waals surface area contributed by atoms with E-state index < -0.39 is 11.7 Å². The van der Waals surface area contributed by atoms with E-state index >= 15 is 0 Å². The van der Waals surface area contributed by atoms with Crippen LogP contribution in [0.4, 0.5) is 13.2 Å². The number of carbonyl (C=O) groups is 1. The molecule has 2 aliphatic rings. The van der Waals surface area contributed by atoms with Crippen LogP contribution in [0.15, 0.2) is 24.3 Å². The van der Waals surface area contributed by atoms with Crippen LogP contribution >= 0.6 is 0 Å². The van der Waals surface area contributed by atoms with Gasteiger partial charge in [-0.25, -0.2) is 0 Å². The van der Waals surface area contributed by atoms with E-state index in [-0.39, 0.29) is 11.7 Å². The Balaban J connectivity index is 1.54. The van der Waals surface area contributed by atoms with E-state index in [0.29, 0.717) is 12.1 Å². The summed E-state index contributed by atoms with van der Waals surface area (Å²) >= 11 is 0. The largest absolute Gasteiger partial charge is 0.416 e. The fourth-order valence-electron chi connectivity index (χ4n) is 3.64. The summed E-state index contributed by atoms with van der Waals surface area (Å²) < 4.78 is 43.3. The van der Waals surface area contributed by atoms with Crippen LogP contribution in [0.3, 0.4) is 0 Å². The minimum atomic E-state index is -4.37. The number of piperidine rings is 1. The number of halogens is 3. The van der Waals surface area contributed by atoms with Crippen LogP contribution in [0.5, 0.6) is 0 Å². The van der Waals surface area contributed by atoms with Gasteiger partial charge in [0.25, 0.3) is 0 Å². The number of benzene rings is 1. The molecule has 0 N–H and O–H groups in total. The van der Waals surface area contributed by atoms with Gasteiger partial charge in [0, 0.05) is 44.2 Å². The van der Waals surface area contributed by atoms with Crippen LogP contribution in [-0.2, 0) is 10.9 Å². The molecule has 7 heteroatoms. The van der Waals surface area contributed by atoms with Crippen molar-refractivity contribution in [3.8, 4) is 0 Å². The first-order chi connectivity index (χ1) is 12.4. The Morgan fingerprint density at radius 3 is 2.35 bits per heavy atom. The third kappa shape index (κ3) is 5.05. The predicted molar refractivity (Wildman–Crippen MR) is 92.2 cm³/mol. The zero-order valence-electron chi connectivity index (χ0n) is 14.8. The Hall–Kier alpha value is -1.44. The van der Waals surface area contributed by atoms with E-state index in [4.69, 9.17) is 4.74 Å². The first-order valence-electron chi connectivity index (χ1n) is 9.17.